The summed E-state index contributed by atoms with van der Waals surface area (Å²) in [7, 11) is 1.90. The summed E-state index contributed by atoms with van der Waals surface area (Å²) in [6.07, 6.45) is 5.49. The number of carboxylic acids is 1. The van der Waals surface area contributed by atoms with E-state index in [4.69, 9.17) is 5.73 Å². The number of fused-ring (bicyclic) bond motifs is 1. The van der Waals surface area contributed by atoms with E-state index >= 15 is 0 Å². The minimum Gasteiger partial charge on any atom is -0.477 e. The predicted octanol–water partition coefficient (Wildman–Crippen LogP) is 0.637. The van der Waals surface area contributed by atoms with Gasteiger partial charge >= 0.3 is 5.97 Å². The Morgan fingerprint density at radius 3 is 3.00 bits per heavy atom. The predicted molar refractivity (Wildman–Crippen MR) is 130 cm³/mol. The van der Waals surface area contributed by atoms with Crippen LogP contribution in [0.4, 0.5) is 9.52 Å². The Bertz CT molecular complexity index is 1300. The molecule has 0 saturated carbocycles. The number of alkyl halides is 1. The molecule has 4 heterocycles. The van der Waals surface area contributed by atoms with Crippen molar-refractivity contribution >= 4 is 63.7 Å². The second-order valence-electron chi connectivity index (χ2n) is 7.30. The third-order valence-corrected chi connectivity index (χ3v) is 7.58. The second-order valence-corrected chi connectivity index (χ2v) is 10.2. The number of nitrogens with one attached hydrogen (secondary N) is 1. The zero-order valence-corrected chi connectivity index (χ0v) is 21.0. The van der Waals surface area contributed by atoms with Crippen LogP contribution in [0.15, 0.2) is 57.3 Å². The van der Waals surface area contributed by atoms with Crippen LogP contribution in [-0.4, -0.2) is 66.9 Å². The van der Waals surface area contributed by atoms with Gasteiger partial charge in [-0.15, -0.1) is 11.8 Å². The van der Waals surface area contributed by atoms with Crippen LogP contribution in [0.2, 0.25) is 0 Å². The summed E-state index contributed by atoms with van der Waals surface area (Å²) in [6, 6.07) is 2.78. The number of amides is 2. The van der Waals surface area contributed by atoms with Crippen molar-refractivity contribution in [3.8, 4) is 0 Å². The molecule has 2 aromatic heterocycles. The lowest BCUT2D eigenvalue weighted by Crippen LogP contribution is -2.71. The minimum absolute atomic E-state index is 0.0515. The van der Waals surface area contributed by atoms with E-state index in [-0.39, 0.29) is 16.7 Å². The Hall–Kier alpha value is -3.50. The molecule has 12 nitrogen and oxygen atoms in total. The number of pyridine rings is 1. The summed E-state index contributed by atoms with van der Waals surface area (Å²) < 4.78 is 18.2. The molecule has 2 amide bonds. The fourth-order valence-electron chi connectivity index (χ4n) is 3.41. The average molecular weight is 553 g/mol. The summed E-state index contributed by atoms with van der Waals surface area (Å²) in [6.45, 7) is -1.30. The third kappa shape index (κ3) is 5.34. The van der Waals surface area contributed by atoms with Crippen LogP contribution in [0.5, 0.6) is 0 Å². The van der Waals surface area contributed by atoms with Gasteiger partial charge in [-0.1, -0.05) is 16.9 Å². The summed E-state index contributed by atoms with van der Waals surface area (Å²) >= 11 is 3.51. The van der Waals surface area contributed by atoms with Crippen LogP contribution in [0, 0.1) is 0 Å². The van der Waals surface area contributed by atoms with Crippen LogP contribution in [0.25, 0.3) is 0 Å². The van der Waals surface area contributed by atoms with Gasteiger partial charge in [0.25, 0.3) is 18.7 Å². The molecular weight excluding hydrogens is 533 g/mol. The van der Waals surface area contributed by atoms with Gasteiger partial charge in [0.2, 0.25) is 11.5 Å². The number of hydrogen-bond acceptors (Lipinski definition) is 11. The fourth-order valence-corrected chi connectivity index (χ4v) is 5.94. The van der Waals surface area contributed by atoms with Gasteiger partial charge in [-0.3, -0.25) is 14.5 Å². The number of hydrogen-bond donors (Lipinski definition) is 3. The molecule has 4 N–H and O–H groups in total. The highest BCUT2D eigenvalue weighted by molar-refractivity contribution is 8.02. The Kier molecular flexibility index (Phi) is 7.85. The number of aliphatic carboxylic acids is 1. The van der Waals surface area contributed by atoms with E-state index in [1.54, 1.807) is 11.5 Å². The molecule has 2 aromatic rings. The van der Waals surface area contributed by atoms with Gasteiger partial charge in [0, 0.05) is 23.4 Å². The monoisotopic (exact) mass is 552 g/mol. The van der Waals surface area contributed by atoms with Gasteiger partial charge in [-0.05, 0) is 23.1 Å². The molecule has 188 valence electrons. The number of aromatic nitrogens is 3. The van der Waals surface area contributed by atoms with E-state index in [0.29, 0.717) is 11.3 Å². The lowest BCUT2D eigenvalue weighted by atomic mass is 10.0. The van der Waals surface area contributed by atoms with E-state index in [0.717, 1.165) is 21.3 Å². The van der Waals surface area contributed by atoms with Crippen molar-refractivity contribution in [2.75, 3.05) is 18.3 Å². The topological polar surface area (TPSA) is 164 Å². The molecule has 2 aliphatic rings. The summed E-state index contributed by atoms with van der Waals surface area (Å²) in [5, 5.41) is 16.9. The maximum Gasteiger partial charge on any atom is 0.352 e. The number of nitrogen functional groups attached to an aromatic ring is 1. The zero-order valence-electron chi connectivity index (χ0n) is 18.5. The number of rotatable bonds is 9. The number of oxime groups is 1. The van der Waals surface area contributed by atoms with E-state index < -0.39 is 41.8 Å². The van der Waals surface area contributed by atoms with Gasteiger partial charge in [0.15, 0.2) is 17.5 Å². The molecular formula is C20H19FN7O5S3+. The van der Waals surface area contributed by atoms with Gasteiger partial charge in [-0.2, -0.15) is 9.36 Å². The number of carbonyl (C=O) groups excluding carboxylic acids is 2. The lowest BCUT2D eigenvalue weighted by molar-refractivity contribution is -0.673. The Labute approximate surface area is 216 Å². The lowest BCUT2D eigenvalue weighted by Gasteiger charge is -2.49. The fraction of sp³-hybridized carbons (Fsp3) is 0.250. The molecule has 0 unspecified atom stereocenters. The molecule has 2 aliphatic heterocycles. The number of nitrogens with zero attached hydrogens (tertiary/aromatic N) is 5. The molecule has 0 spiro atoms. The number of β-lactam (4-membered cyclic amide) rings is 1. The van der Waals surface area contributed by atoms with Gasteiger partial charge in [0.1, 0.15) is 24.2 Å². The van der Waals surface area contributed by atoms with E-state index in [1.807, 2.05) is 36.1 Å². The van der Waals surface area contributed by atoms with Crippen molar-refractivity contribution in [3.63, 3.8) is 0 Å². The standard InChI is InChI=1S/C20H18FN7O5S3/c1-27-5-2-3-11(7-27)34-6-4-10-8-35-18-13(17(30)28(18)14(10)19(31)32)23-16(29)12(25-33-9-21)15-24-20(22)36-26-15/h2-7,13,18H,8-9H2,1H3,(H3-,22,23,24,26,29,31,32)/p+1/b6-4+,25-12-/t13-,18-/m1/s1. The molecule has 36 heavy (non-hydrogen) atoms. The smallest absolute Gasteiger partial charge is 0.352 e. The second kappa shape index (κ2) is 11.0. The number of thioether (sulfide) groups is 2. The quantitative estimate of drug-likeness (QED) is 0.132. The maximum atomic E-state index is 12.9. The molecule has 0 aliphatic carbocycles. The highest BCUT2D eigenvalue weighted by atomic mass is 32.2. The number of anilines is 1. The van der Waals surface area contributed by atoms with E-state index in [1.165, 1.54) is 23.5 Å². The molecule has 0 radical (unpaired) electrons. The largest absolute Gasteiger partial charge is 0.477 e. The van der Waals surface area contributed by atoms with Crippen molar-refractivity contribution < 1.29 is 33.3 Å². The SMILES string of the molecule is C[n+]1cccc(S/C=C/C2=C(C(=O)O)N3C(=O)[C@@H](NC(=O)/C(=N\OCF)c4nsc(N)n4)[C@H]3SC2)c1. The van der Waals surface area contributed by atoms with Crippen LogP contribution >= 0.6 is 35.1 Å². The van der Waals surface area contributed by atoms with Gasteiger partial charge < -0.3 is 21.0 Å². The molecule has 0 aromatic carbocycles. The summed E-state index contributed by atoms with van der Waals surface area (Å²) in [4.78, 5) is 48.0. The normalized spacial score (nSPS) is 19.8. The number of carboxylic acid groups (broad SMARTS) is 1. The highest BCUT2D eigenvalue weighted by Gasteiger charge is 2.54. The number of aryl methyl sites for hydroxylation is 1. The van der Waals surface area contributed by atoms with Crippen LogP contribution in [-0.2, 0) is 26.3 Å². The Balaban J connectivity index is 1.49. The van der Waals surface area contributed by atoms with Gasteiger partial charge in [0.05, 0.1) is 4.90 Å². The van der Waals surface area contributed by atoms with Crippen LogP contribution in [0.3, 0.4) is 0 Å². The van der Waals surface area contributed by atoms with Crippen LogP contribution < -0.4 is 15.6 Å². The number of carbonyl (C=O) groups is 3. The van der Waals surface area contributed by atoms with E-state index in [2.05, 4.69) is 24.7 Å². The molecule has 16 heteroatoms. The first-order valence-electron chi connectivity index (χ1n) is 10.2. The first-order chi connectivity index (χ1) is 17.3. The average Bonchev–Trinajstić information content (AvgIpc) is 3.28. The molecule has 1 fully saturated rings. The first-order valence-corrected chi connectivity index (χ1v) is 12.9. The summed E-state index contributed by atoms with van der Waals surface area (Å²) in [5.41, 5.74) is 5.40. The molecule has 1 saturated heterocycles. The maximum absolute atomic E-state index is 12.9. The molecule has 0 bridgehead atoms. The zero-order chi connectivity index (χ0) is 25.8. The third-order valence-electron chi connectivity index (χ3n) is 4.95. The highest BCUT2D eigenvalue weighted by Crippen LogP contribution is 2.41. The number of allylic oxidation sites excluding steroid dienone is 1. The Morgan fingerprint density at radius 2 is 2.33 bits per heavy atom. The summed E-state index contributed by atoms with van der Waals surface area (Å²) in [5.74, 6) is -2.64. The van der Waals surface area contributed by atoms with Gasteiger partial charge in [-0.25, -0.2) is 13.8 Å². The first kappa shape index (κ1) is 25.6. The minimum atomic E-state index is -1.30. The van der Waals surface area contributed by atoms with Crippen molar-refractivity contribution in [1.29, 1.82) is 0 Å². The number of nitrogens with two attached hydrogens (primary N) is 1. The Morgan fingerprint density at radius 1 is 1.53 bits per heavy atom. The number of halogens is 1. The molecule has 4 rings (SSSR count). The van der Waals surface area contributed by atoms with Crippen LogP contribution in [0.1, 0.15) is 5.82 Å². The van der Waals surface area contributed by atoms with Crippen molar-refractivity contribution in [3.05, 3.63) is 53.1 Å². The van der Waals surface area contributed by atoms with Crippen molar-refractivity contribution in [1.82, 2.24) is 19.6 Å². The van der Waals surface area contributed by atoms with Crippen molar-refractivity contribution in [2.24, 2.45) is 12.2 Å². The molecule has 2 atom stereocenters. The van der Waals surface area contributed by atoms with Crippen molar-refractivity contribution in [2.45, 2.75) is 16.3 Å². The van der Waals surface area contributed by atoms with E-state index in [9.17, 15) is 23.9 Å².